The Bertz CT molecular complexity index is 709. The molecule has 2 heterocycles. The van der Waals surface area contributed by atoms with Gasteiger partial charge in [-0.2, -0.15) is 0 Å². The average molecular weight is 330 g/mol. The molecule has 24 heavy (non-hydrogen) atoms. The number of piperidine rings is 1. The summed E-state index contributed by atoms with van der Waals surface area (Å²) in [6.45, 7) is 9.89. The molecule has 1 aromatic heterocycles. The fourth-order valence-corrected chi connectivity index (χ4v) is 3.96. The van der Waals surface area contributed by atoms with Gasteiger partial charge in [0.25, 0.3) is 0 Å². The average Bonchev–Trinajstić information content (AvgIpc) is 2.86. The number of fused-ring (bicyclic) bond motifs is 1. The third kappa shape index (κ3) is 3.23. The first-order valence-electron chi connectivity index (χ1n) is 8.95. The van der Waals surface area contributed by atoms with E-state index in [2.05, 4.69) is 48.9 Å². The van der Waals surface area contributed by atoms with Gasteiger partial charge in [-0.05, 0) is 43.7 Å². The van der Waals surface area contributed by atoms with E-state index in [1.165, 1.54) is 27.7 Å². The summed E-state index contributed by atoms with van der Waals surface area (Å²) in [4.78, 5) is 6.01. The molecular formula is C20H30N2O2. The molecule has 0 saturated carbocycles. The van der Waals surface area contributed by atoms with Crippen molar-refractivity contribution in [2.45, 2.75) is 45.8 Å². The van der Waals surface area contributed by atoms with Crippen LogP contribution in [0.2, 0.25) is 0 Å². The molecule has 1 aliphatic rings. The molecule has 0 aliphatic carbocycles. The van der Waals surface area contributed by atoms with Crippen LogP contribution in [0.15, 0.2) is 18.2 Å². The van der Waals surface area contributed by atoms with Gasteiger partial charge < -0.3 is 14.8 Å². The number of aliphatic hydroxyl groups is 1. The molecular weight excluding hydrogens is 300 g/mol. The normalized spacial score (nSPS) is 25.5. The zero-order chi connectivity index (χ0) is 17.3. The summed E-state index contributed by atoms with van der Waals surface area (Å²) < 4.78 is 5.16. The van der Waals surface area contributed by atoms with E-state index in [4.69, 9.17) is 4.74 Å². The lowest BCUT2D eigenvalue weighted by molar-refractivity contribution is -0.0826. The van der Waals surface area contributed by atoms with Gasteiger partial charge >= 0.3 is 0 Å². The monoisotopic (exact) mass is 330 g/mol. The molecule has 2 atom stereocenters. The van der Waals surface area contributed by atoms with Crippen molar-refractivity contribution in [1.82, 2.24) is 9.88 Å². The highest BCUT2D eigenvalue weighted by molar-refractivity contribution is 5.87. The summed E-state index contributed by atoms with van der Waals surface area (Å²) in [5.41, 5.74) is 4.61. The number of aromatic amines is 1. The molecule has 4 heteroatoms. The lowest BCUT2D eigenvalue weighted by Crippen LogP contribution is -2.51. The molecule has 2 unspecified atom stereocenters. The minimum atomic E-state index is -0.585. The Morgan fingerprint density at radius 3 is 2.88 bits per heavy atom. The highest BCUT2D eigenvalue weighted by atomic mass is 16.5. The van der Waals surface area contributed by atoms with Crippen LogP contribution < -0.4 is 0 Å². The quantitative estimate of drug-likeness (QED) is 0.883. The van der Waals surface area contributed by atoms with Crippen LogP contribution in [0.4, 0.5) is 0 Å². The summed E-state index contributed by atoms with van der Waals surface area (Å²) in [7, 11) is 1.70. The van der Waals surface area contributed by atoms with Crippen molar-refractivity contribution < 1.29 is 9.84 Å². The van der Waals surface area contributed by atoms with Crippen molar-refractivity contribution >= 4 is 10.9 Å². The van der Waals surface area contributed by atoms with Crippen LogP contribution in [0.1, 0.15) is 36.6 Å². The molecule has 4 nitrogen and oxygen atoms in total. The molecule has 1 saturated heterocycles. The second-order valence-corrected chi connectivity index (χ2v) is 7.45. The van der Waals surface area contributed by atoms with Gasteiger partial charge in [0.2, 0.25) is 0 Å². The number of nitrogens with one attached hydrogen (secondary N) is 1. The van der Waals surface area contributed by atoms with Crippen molar-refractivity contribution in [3.05, 3.63) is 35.0 Å². The second kappa shape index (κ2) is 6.87. The number of aromatic nitrogens is 1. The number of para-hydroxylation sites is 1. The number of hydrogen-bond acceptors (Lipinski definition) is 3. The van der Waals surface area contributed by atoms with Crippen molar-refractivity contribution in [1.29, 1.82) is 0 Å². The molecule has 1 aromatic carbocycles. The third-order valence-electron chi connectivity index (χ3n) is 5.87. The summed E-state index contributed by atoms with van der Waals surface area (Å²) in [5, 5.41) is 12.2. The van der Waals surface area contributed by atoms with Gasteiger partial charge in [0.1, 0.15) is 0 Å². The SMILES string of the molecule is COCCC1(O)CCN(Cc2cccc3c(C)c(C)[nH]c23)CC1C. The summed E-state index contributed by atoms with van der Waals surface area (Å²) in [6.07, 6.45) is 1.54. The van der Waals surface area contributed by atoms with Crippen LogP contribution >= 0.6 is 0 Å². The number of aryl methyl sites for hydroxylation is 2. The largest absolute Gasteiger partial charge is 0.389 e. The lowest BCUT2D eigenvalue weighted by Gasteiger charge is -2.43. The Kier molecular flexibility index (Phi) is 5.00. The number of rotatable bonds is 5. The molecule has 3 rings (SSSR count). The standard InChI is InChI=1S/C20H30N2O2/c1-14-12-22(10-8-20(14,23)9-11-24-4)13-17-6-5-7-18-15(2)16(3)21-19(17)18/h5-7,14,21,23H,8-13H2,1-4H3. The maximum Gasteiger partial charge on any atom is 0.0719 e. The van der Waals surface area contributed by atoms with Gasteiger partial charge in [-0.3, -0.25) is 4.90 Å². The topological polar surface area (TPSA) is 48.5 Å². The van der Waals surface area contributed by atoms with Crippen LogP contribution in [0.25, 0.3) is 10.9 Å². The van der Waals surface area contributed by atoms with Gasteiger partial charge in [-0.1, -0.05) is 25.1 Å². The number of likely N-dealkylation sites (tertiary alicyclic amines) is 1. The van der Waals surface area contributed by atoms with Crippen molar-refractivity contribution in [2.75, 3.05) is 26.8 Å². The number of H-pyrrole nitrogens is 1. The predicted molar refractivity (Wildman–Crippen MR) is 98.3 cm³/mol. The van der Waals surface area contributed by atoms with E-state index in [1.54, 1.807) is 7.11 Å². The van der Waals surface area contributed by atoms with E-state index in [0.29, 0.717) is 6.61 Å². The first-order chi connectivity index (χ1) is 11.4. The first kappa shape index (κ1) is 17.5. The van der Waals surface area contributed by atoms with E-state index >= 15 is 0 Å². The highest BCUT2D eigenvalue weighted by Gasteiger charge is 2.38. The fourth-order valence-electron chi connectivity index (χ4n) is 3.96. The maximum absolute atomic E-state index is 10.9. The van der Waals surface area contributed by atoms with Crippen molar-refractivity contribution in [3.63, 3.8) is 0 Å². The molecule has 2 aromatic rings. The molecule has 0 radical (unpaired) electrons. The van der Waals surface area contributed by atoms with E-state index in [0.717, 1.165) is 32.5 Å². The number of methoxy groups -OCH3 is 1. The summed E-state index contributed by atoms with van der Waals surface area (Å²) in [6, 6.07) is 6.56. The molecule has 2 N–H and O–H groups in total. The lowest BCUT2D eigenvalue weighted by atomic mass is 9.80. The summed E-state index contributed by atoms with van der Waals surface area (Å²) >= 11 is 0. The van der Waals surface area contributed by atoms with E-state index in [9.17, 15) is 5.11 Å². The van der Waals surface area contributed by atoms with Gasteiger partial charge in [0, 0.05) is 44.4 Å². The van der Waals surface area contributed by atoms with E-state index < -0.39 is 5.60 Å². The van der Waals surface area contributed by atoms with Crippen molar-refractivity contribution in [3.8, 4) is 0 Å². The number of nitrogens with zero attached hydrogens (tertiary/aromatic N) is 1. The molecule has 1 aliphatic heterocycles. The Labute approximate surface area is 144 Å². The van der Waals surface area contributed by atoms with Gasteiger partial charge in [-0.25, -0.2) is 0 Å². The second-order valence-electron chi connectivity index (χ2n) is 7.45. The predicted octanol–water partition coefficient (Wildman–Crippen LogP) is 3.39. The fraction of sp³-hybridized carbons (Fsp3) is 0.600. The Morgan fingerprint density at radius 2 is 2.17 bits per heavy atom. The Balaban J connectivity index is 1.73. The van der Waals surface area contributed by atoms with Gasteiger partial charge in [0.15, 0.2) is 0 Å². The Hall–Kier alpha value is -1.36. The van der Waals surface area contributed by atoms with Gasteiger partial charge in [-0.15, -0.1) is 0 Å². The van der Waals surface area contributed by atoms with Crippen LogP contribution in [0.5, 0.6) is 0 Å². The number of hydrogen-bond donors (Lipinski definition) is 2. The minimum Gasteiger partial charge on any atom is -0.389 e. The van der Waals surface area contributed by atoms with Crippen molar-refractivity contribution in [2.24, 2.45) is 5.92 Å². The maximum atomic E-state index is 10.9. The van der Waals surface area contributed by atoms with E-state index in [-0.39, 0.29) is 5.92 Å². The minimum absolute atomic E-state index is 0.257. The molecule has 132 valence electrons. The van der Waals surface area contributed by atoms with Crippen LogP contribution in [0.3, 0.4) is 0 Å². The van der Waals surface area contributed by atoms with Gasteiger partial charge in [0.05, 0.1) is 11.1 Å². The van der Waals surface area contributed by atoms with Crippen LogP contribution in [-0.2, 0) is 11.3 Å². The van der Waals surface area contributed by atoms with Crippen LogP contribution in [-0.4, -0.2) is 47.4 Å². The molecule has 0 spiro atoms. The summed E-state index contributed by atoms with van der Waals surface area (Å²) in [5.74, 6) is 0.257. The molecule has 1 fully saturated rings. The van der Waals surface area contributed by atoms with Crippen LogP contribution in [0, 0.1) is 19.8 Å². The van der Waals surface area contributed by atoms with E-state index in [1.807, 2.05) is 0 Å². The third-order valence-corrected chi connectivity index (χ3v) is 5.87. The highest BCUT2D eigenvalue weighted by Crippen LogP contribution is 2.32. The molecule has 0 bridgehead atoms. The zero-order valence-electron chi connectivity index (χ0n) is 15.4. The number of ether oxygens (including phenoxy) is 1. The first-order valence-corrected chi connectivity index (χ1v) is 8.95. The zero-order valence-corrected chi connectivity index (χ0v) is 15.4. The molecule has 0 amide bonds. The Morgan fingerprint density at radius 1 is 1.38 bits per heavy atom. The number of benzene rings is 1. The smallest absolute Gasteiger partial charge is 0.0719 e.